The lowest BCUT2D eigenvalue weighted by molar-refractivity contribution is 0.169. The molecular weight excluding hydrogens is 388 g/mol. The number of pyridine rings is 1. The van der Waals surface area contributed by atoms with Crippen LogP contribution in [-0.4, -0.2) is 37.4 Å². The molecule has 0 spiro atoms. The molecule has 0 amide bonds. The van der Waals surface area contributed by atoms with E-state index in [0.29, 0.717) is 13.1 Å². The number of nitrogens with zero attached hydrogens (tertiary/aromatic N) is 1. The van der Waals surface area contributed by atoms with Crippen molar-refractivity contribution < 1.29 is 0 Å². The molecule has 2 aromatic carbocycles. The molecule has 0 radical (unpaired) electrons. The Kier molecular flexibility index (Phi) is 7.07. The van der Waals surface area contributed by atoms with Crippen LogP contribution >= 0.6 is 0 Å². The molecular formula is C23H28N8. The van der Waals surface area contributed by atoms with Gasteiger partial charge in [0, 0.05) is 41.0 Å². The fraction of sp³-hybridized carbons (Fsp3) is 0.261. The van der Waals surface area contributed by atoms with Gasteiger partial charge in [-0.3, -0.25) is 31.6 Å². The van der Waals surface area contributed by atoms with Crippen LogP contribution in [0.2, 0.25) is 0 Å². The Balaban J connectivity index is 1.42. The van der Waals surface area contributed by atoms with Gasteiger partial charge in [0.1, 0.15) is 18.9 Å². The number of benzene rings is 2. The van der Waals surface area contributed by atoms with Crippen molar-refractivity contribution in [3.05, 3.63) is 72.1 Å². The maximum Gasteiger partial charge on any atom is 0.136 e. The summed E-state index contributed by atoms with van der Waals surface area (Å²) in [5.74, 6) is 5.98. The molecule has 8 nitrogen and oxygen atoms in total. The molecule has 2 heterocycles. The van der Waals surface area contributed by atoms with Gasteiger partial charge < -0.3 is 11.1 Å². The number of aromatic nitrogens is 1. The third kappa shape index (κ3) is 5.57. The molecule has 4 rings (SSSR count). The molecule has 160 valence electrons. The quantitative estimate of drug-likeness (QED) is 0.293. The monoisotopic (exact) mass is 416 g/mol. The van der Waals surface area contributed by atoms with Gasteiger partial charge >= 0.3 is 0 Å². The predicted molar refractivity (Wildman–Crippen MR) is 124 cm³/mol. The Labute approximate surface area is 182 Å². The van der Waals surface area contributed by atoms with E-state index in [1.807, 2.05) is 43.7 Å². The van der Waals surface area contributed by atoms with Crippen molar-refractivity contribution in [2.24, 2.45) is 5.73 Å². The summed E-state index contributed by atoms with van der Waals surface area (Å²) in [6, 6.07) is 16.3. The first-order chi connectivity index (χ1) is 15.2. The SMILES string of the molecule is CNC1NC(NCc2cccc(C#CCN)c2)NC(Nc2cccc3cnccc23)N1. The van der Waals surface area contributed by atoms with E-state index in [1.165, 1.54) is 0 Å². The maximum atomic E-state index is 5.47. The van der Waals surface area contributed by atoms with Gasteiger partial charge in [0.25, 0.3) is 0 Å². The van der Waals surface area contributed by atoms with Crippen molar-refractivity contribution in [1.29, 1.82) is 0 Å². The molecule has 31 heavy (non-hydrogen) atoms. The Morgan fingerprint density at radius 3 is 2.74 bits per heavy atom. The van der Waals surface area contributed by atoms with Crippen molar-refractivity contribution in [1.82, 2.24) is 31.6 Å². The third-order valence-electron chi connectivity index (χ3n) is 5.04. The van der Waals surface area contributed by atoms with Crippen LogP contribution in [0.15, 0.2) is 60.9 Å². The molecule has 1 fully saturated rings. The van der Waals surface area contributed by atoms with Crippen LogP contribution < -0.4 is 37.6 Å². The summed E-state index contributed by atoms with van der Waals surface area (Å²) in [4.78, 5) is 4.21. The Bertz CT molecular complexity index is 1070. The lowest BCUT2D eigenvalue weighted by Gasteiger charge is -2.39. The highest BCUT2D eigenvalue weighted by atomic mass is 15.5. The Morgan fingerprint density at radius 2 is 1.87 bits per heavy atom. The van der Waals surface area contributed by atoms with E-state index in [0.717, 1.165) is 27.6 Å². The van der Waals surface area contributed by atoms with Crippen molar-refractivity contribution in [3.8, 4) is 11.8 Å². The van der Waals surface area contributed by atoms with Crippen LogP contribution in [-0.2, 0) is 6.54 Å². The number of anilines is 1. The van der Waals surface area contributed by atoms with Gasteiger partial charge in [-0.25, -0.2) is 0 Å². The van der Waals surface area contributed by atoms with Crippen molar-refractivity contribution in [3.63, 3.8) is 0 Å². The highest BCUT2D eigenvalue weighted by Gasteiger charge is 2.25. The molecule has 0 bridgehead atoms. The molecule has 3 aromatic rings. The number of rotatable bonds is 6. The normalized spacial score (nSPS) is 20.8. The summed E-state index contributed by atoms with van der Waals surface area (Å²) < 4.78 is 0. The smallest absolute Gasteiger partial charge is 0.136 e. The summed E-state index contributed by atoms with van der Waals surface area (Å²) in [5, 5.41) is 22.9. The zero-order valence-electron chi connectivity index (χ0n) is 17.4. The van der Waals surface area contributed by atoms with Crippen molar-refractivity contribution >= 4 is 16.5 Å². The summed E-state index contributed by atoms with van der Waals surface area (Å²) in [6.45, 7) is 1.05. The zero-order valence-corrected chi connectivity index (χ0v) is 17.4. The van der Waals surface area contributed by atoms with Gasteiger partial charge in [0.05, 0.1) is 6.54 Å². The van der Waals surface area contributed by atoms with E-state index in [4.69, 9.17) is 5.73 Å². The lowest BCUT2D eigenvalue weighted by Crippen LogP contribution is -2.75. The summed E-state index contributed by atoms with van der Waals surface area (Å²) in [6.07, 6.45) is 3.33. The third-order valence-corrected chi connectivity index (χ3v) is 5.04. The van der Waals surface area contributed by atoms with E-state index >= 15 is 0 Å². The largest absolute Gasteiger partial charge is 0.357 e. The van der Waals surface area contributed by atoms with Gasteiger partial charge in [0.2, 0.25) is 0 Å². The van der Waals surface area contributed by atoms with Gasteiger partial charge in [-0.05, 0) is 36.9 Å². The minimum atomic E-state index is -0.156. The first-order valence-corrected chi connectivity index (χ1v) is 10.3. The molecule has 1 aliphatic heterocycles. The minimum Gasteiger partial charge on any atom is -0.357 e. The number of hydrogen-bond acceptors (Lipinski definition) is 8. The summed E-state index contributed by atoms with van der Waals surface area (Å²) >= 11 is 0. The van der Waals surface area contributed by atoms with Gasteiger partial charge in [-0.15, -0.1) is 0 Å². The molecule has 8 N–H and O–H groups in total. The Morgan fingerprint density at radius 1 is 1.03 bits per heavy atom. The van der Waals surface area contributed by atoms with E-state index < -0.39 is 0 Å². The molecule has 0 aliphatic carbocycles. The second-order valence-corrected chi connectivity index (χ2v) is 7.22. The second kappa shape index (κ2) is 10.3. The molecule has 8 heteroatoms. The molecule has 3 unspecified atom stereocenters. The van der Waals surface area contributed by atoms with E-state index in [-0.39, 0.29) is 18.9 Å². The molecule has 1 aromatic heterocycles. The van der Waals surface area contributed by atoms with Crippen LogP contribution in [0.5, 0.6) is 0 Å². The van der Waals surface area contributed by atoms with E-state index in [2.05, 4.69) is 73.0 Å². The first kappa shape index (κ1) is 21.2. The highest BCUT2D eigenvalue weighted by molar-refractivity contribution is 5.93. The minimum absolute atomic E-state index is 0.0744. The van der Waals surface area contributed by atoms with Gasteiger partial charge in [-0.2, -0.15) is 0 Å². The van der Waals surface area contributed by atoms with E-state index in [9.17, 15) is 0 Å². The van der Waals surface area contributed by atoms with Crippen molar-refractivity contribution in [2.45, 2.75) is 25.4 Å². The summed E-state index contributed by atoms with van der Waals surface area (Å²) in [5.41, 5.74) is 8.62. The zero-order chi connectivity index (χ0) is 21.5. The number of hydrogen-bond donors (Lipinski definition) is 7. The van der Waals surface area contributed by atoms with Crippen LogP contribution in [0.1, 0.15) is 11.1 Å². The van der Waals surface area contributed by atoms with Crippen LogP contribution in [0.4, 0.5) is 5.69 Å². The molecule has 0 saturated carbocycles. The van der Waals surface area contributed by atoms with E-state index in [1.54, 1.807) is 0 Å². The highest BCUT2D eigenvalue weighted by Crippen LogP contribution is 2.22. The molecule has 1 saturated heterocycles. The van der Waals surface area contributed by atoms with Crippen LogP contribution in [0, 0.1) is 11.8 Å². The fourth-order valence-corrected chi connectivity index (χ4v) is 3.55. The standard InChI is InChI=1S/C23H28N8/c1-25-21-29-22(27-14-17-6-2-5-16(13-17)7-4-11-24)31-23(30-21)28-20-9-3-8-18-15-26-12-10-19(18)20/h2-3,5-6,8-10,12-13,15,21-23,25,27-31H,11,14,24H2,1H3. The molecule has 3 atom stereocenters. The average molecular weight is 417 g/mol. The predicted octanol–water partition coefficient (Wildman–Crippen LogP) is 0.599. The number of fused-ring (bicyclic) bond motifs is 1. The Hall–Kier alpha value is -3.03. The van der Waals surface area contributed by atoms with Crippen LogP contribution in [0.3, 0.4) is 0 Å². The first-order valence-electron chi connectivity index (χ1n) is 10.3. The average Bonchev–Trinajstić information content (AvgIpc) is 2.82. The van der Waals surface area contributed by atoms with Crippen molar-refractivity contribution in [2.75, 3.05) is 18.9 Å². The fourth-order valence-electron chi connectivity index (χ4n) is 3.55. The topological polar surface area (TPSA) is 111 Å². The molecule has 1 aliphatic rings. The second-order valence-electron chi connectivity index (χ2n) is 7.22. The maximum absolute atomic E-state index is 5.47. The van der Waals surface area contributed by atoms with Gasteiger partial charge in [0.15, 0.2) is 0 Å². The van der Waals surface area contributed by atoms with Gasteiger partial charge in [-0.1, -0.05) is 36.1 Å². The summed E-state index contributed by atoms with van der Waals surface area (Å²) in [7, 11) is 1.91. The van der Waals surface area contributed by atoms with Crippen LogP contribution in [0.25, 0.3) is 10.8 Å². The number of nitrogens with two attached hydrogens (primary N) is 1. The lowest BCUT2D eigenvalue weighted by atomic mass is 10.1. The number of nitrogens with one attached hydrogen (secondary N) is 6.